The first-order valence-electron chi connectivity index (χ1n) is 6.87. The minimum atomic E-state index is -4.26. The summed E-state index contributed by atoms with van der Waals surface area (Å²) < 4.78 is 17.4. The Morgan fingerprint density at radius 2 is 1.80 bits per heavy atom. The van der Waals surface area contributed by atoms with E-state index < -0.39 is 18.7 Å². The Morgan fingerprint density at radius 3 is 2.20 bits per heavy atom. The van der Waals surface area contributed by atoms with Crippen molar-refractivity contribution in [2.45, 2.75) is 26.5 Å². The molecule has 120 valence electrons. The molecule has 4 N–H and O–H groups in total. The minimum Gasteiger partial charge on any atom is -0.394 e. The lowest BCUT2D eigenvalue weighted by atomic mass is 9.82. The number of hydrogen-bond donors (Lipinski definition) is 4. The Labute approximate surface area is 120 Å². The summed E-state index contributed by atoms with van der Waals surface area (Å²) in [6.45, 7) is 8.41. The van der Waals surface area contributed by atoms with Crippen molar-refractivity contribution in [3.63, 3.8) is 0 Å². The van der Waals surface area contributed by atoms with Gasteiger partial charge in [-0.25, -0.2) is 0 Å². The van der Waals surface area contributed by atoms with Crippen molar-refractivity contribution in [1.29, 1.82) is 0 Å². The quantitative estimate of drug-likeness (QED) is 0.505. The molecule has 0 spiro atoms. The molecule has 0 amide bonds. The summed E-state index contributed by atoms with van der Waals surface area (Å²) in [5.74, 6) is 0. The van der Waals surface area contributed by atoms with Gasteiger partial charge >= 0.3 is 7.60 Å². The van der Waals surface area contributed by atoms with Crippen molar-refractivity contribution < 1.29 is 24.2 Å². The molecule has 0 bridgehead atoms. The third-order valence-electron chi connectivity index (χ3n) is 3.65. The van der Waals surface area contributed by atoms with Crippen molar-refractivity contribution in [1.82, 2.24) is 10.2 Å². The standard InChI is InChI=1S/C12H27N2O5P/c1-11(2,3)12(19-9-8-15,10-20(16,17)18)14-6-4-13-5-7-14/h13,15H,4-10H2,1-3H3,(H2,16,17,18). The predicted molar refractivity (Wildman–Crippen MR) is 76.6 cm³/mol. The van der Waals surface area contributed by atoms with Gasteiger partial charge in [-0.1, -0.05) is 20.8 Å². The van der Waals surface area contributed by atoms with E-state index in [1.807, 2.05) is 25.7 Å². The van der Waals surface area contributed by atoms with Crippen molar-refractivity contribution in [3.8, 4) is 0 Å². The lowest BCUT2D eigenvalue weighted by molar-refractivity contribution is -0.209. The van der Waals surface area contributed by atoms with Crippen molar-refractivity contribution in [2.75, 3.05) is 45.6 Å². The van der Waals surface area contributed by atoms with E-state index in [-0.39, 0.29) is 19.4 Å². The summed E-state index contributed by atoms with van der Waals surface area (Å²) in [5, 5.41) is 12.3. The highest BCUT2D eigenvalue weighted by Crippen LogP contribution is 2.48. The topological polar surface area (TPSA) is 102 Å². The van der Waals surface area contributed by atoms with Crippen LogP contribution in [0.3, 0.4) is 0 Å². The Kier molecular flexibility index (Phi) is 6.16. The second kappa shape index (κ2) is 6.83. The van der Waals surface area contributed by atoms with E-state index in [9.17, 15) is 14.4 Å². The van der Waals surface area contributed by atoms with Crippen LogP contribution in [0.15, 0.2) is 0 Å². The highest BCUT2D eigenvalue weighted by atomic mass is 31.2. The fraction of sp³-hybridized carbons (Fsp3) is 1.00. The molecule has 0 radical (unpaired) electrons. The van der Waals surface area contributed by atoms with E-state index in [0.29, 0.717) is 13.1 Å². The molecule has 1 aliphatic heterocycles. The van der Waals surface area contributed by atoms with Crippen LogP contribution in [0.2, 0.25) is 0 Å². The number of nitrogens with zero attached hydrogens (tertiary/aromatic N) is 1. The summed E-state index contributed by atoms with van der Waals surface area (Å²) in [5.41, 5.74) is -1.59. The first-order valence-corrected chi connectivity index (χ1v) is 8.67. The Morgan fingerprint density at radius 1 is 1.25 bits per heavy atom. The van der Waals surface area contributed by atoms with Gasteiger partial charge in [0.15, 0.2) is 0 Å². The van der Waals surface area contributed by atoms with Crippen LogP contribution in [-0.2, 0) is 9.30 Å². The summed E-state index contributed by atoms with van der Waals surface area (Å²) in [6, 6.07) is 0. The average molecular weight is 310 g/mol. The Bertz CT molecular complexity index is 348. The molecule has 1 atom stereocenters. The molecule has 1 aliphatic rings. The molecule has 7 nitrogen and oxygen atoms in total. The lowest BCUT2D eigenvalue weighted by Crippen LogP contribution is -2.65. The summed E-state index contributed by atoms with van der Waals surface area (Å²) in [4.78, 5) is 20.9. The third-order valence-corrected chi connectivity index (χ3v) is 4.49. The maximum Gasteiger partial charge on any atom is 0.329 e. The third kappa shape index (κ3) is 4.49. The zero-order chi connectivity index (χ0) is 15.4. The molecular formula is C12H27N2O5P. The van der Waals surface area contributed by atoms with Gasteiger partial charge in [0.2, 0.25) is 0 Å². The van der Waals surface area contributed by atoms with E-state index >= 15 is 0 Å². The van der Waals surface area contributed by atoms with Gasteiger partial charge in [0, 0.05) is 31.6 Å². The smallest absolute Gasteiger partial charge is 0.329 e. The molecule has 0 aliphatic carbocycles. The van der Waals surface area contributed by atoms with E-state index in [1.54, 1.807) is 0 Å². The van der Waals surface area contributed by atoms with Gasteiger partial charge in [0.25, 0.3) is 0 Å². The minimum absolute atomic E-state index is 0.0567. The van der Waals surface area contributed by atoms with E-state index in [0.717, 1.165) is 13.1 Å². The molecule has 20 heavy (non-hydrogen) atoms. The molecule has 1 saturated heterocycles. The first-order chi connectivity index (χ1) is 9.12. The van der Waals surface area contributed by atoms with Gasteiger partial charge in [-0.05, 0) is 0 Å². The van der Waals surface area contributed by atoms with Crippen LogP contribution < -0.4 is 5.32 Å². The first kappa shape index (κ1) is 18.0. The highest BCUT2D eigenvalue weighted by Gasteiger charge is 2.51. The Hall–Kier alpha value is -0.0100. The van der Waals surface area contributed by atoms with Gasteiger partial charge in [-0.15, -0.1) is 0 Å². The lowest BCUT2D eigenvalue weighted by Gasteiger charge is -2.52. The molecule has 8 heteroatoms. The normalized spacial score (nSPS) is 21.7. The van der Waals surface area contributed by atoms with Crippen molar-refractivity contribution >= 4 is 7.60 Å². The summed E-state index contributed by atoms with van der Waals surface area (Å²) >= 11 is 0. The van der Waals surface area contributed by atoms with Gasteiger partial charge in [0.1, 0.15) is 5.72 Å². The SMILES string of the molecule is CC(C)(C)C(CP(=O)(O)O)(OCCO)N1CCNCC1. The number of hydrogen-bond acceptors (Lipinski definition) is 5. The predicted octanol–water partition coefficient (Wildman–Crippen LogP) is -0.179. The zero-order valence-electron chi connectivity index (χ0n) is 12.5. The van der Waals surface area contributed by atoms with Gasteiger partial charge < -0.3 is 24.9 Å². The van der Waals surface area contributed by atoms with Crippen LogP contribution in [-0.4, -0.2) is 71.1 Å². The fourth-order valence-corrected chi connectivity index (χ4v) is 4.01. The van der Waals surface area contributed by atoms with Gasteiger partial charge in [0.05, 0.1) is 19.4 Å². The summed E-state index contributed by atoms with van der Waals surface area (Å²) in [7, 11) is -4.26. The molecule has 1 fully saturated rings. The molecule has 0 saturated carbocycles. The van der Waals surface area contributed by atoms with E-state index in [1.165, 1.54) is 0 Å². The van der Waals surface area contributed by atoms with Crippen LogP contribution in [0.1, 0.15) is 20.8 Å². The van der Waals surface area contributed by atoms with Gasteiger partial charge in [-0.2, -0.15) is 0 Å². The number of nitrogens with one attached hydrogen (secondary N) is 1. The molecular weight excluding hydrogens is 283 g/mol. The van der Waals surface area contributed by atoms with E-state index in [2.05, 4.69) is 5.32 Å². The van der Waals surface area contributed by atoms with Gasteiger partial charge in [-0.3, -0.25) is 9.46 Å². The maximum atomic E-state index is 11.6. The average Bonchev–Trinajstić information content (AvgIpc) is 2.32. The Balaban J connectivity index is 3.13. The van der Waals surface area contributed by atoms with E-state index in [4.69, 9.17) is 9.84 Å². The second-order valence-corrected chi connectivity index (χ2v) is 7.81. The molecule has 0 aromatic rings. The van der Waals surface area contributed by atoms with Crippen LogP contribution in [0.5, 0.6) is 0 Å². The van der Waals surface area contributed by atoms with Crippen molar-refractivity contribution in [2.24, 2.45) is 5.41 Å². The molecule has 1 rings (SSSR count). The number of piperazine rings is 1. The second-order valence-electron chi connectivity index (χ2n) is 6.17. The molecule has 1 unspecified atom stereocenters. The number of aliphatic hydroxyl groups excluding tert-OH is 1. The number of rotatable bonds is 6. The maximum absolute atomic E-state index is 11.6. The van der Waals surface area contributed by atoms with Crippen LogP contribution in [0.4, 0.5) is 0 Å². The van der Waals surface area contributed by atoms with Crippen LogP contribution >= 0.6 is 7.60 Å². The van der Waals surface area contributed by atoms with Crippen LogP contribution in [0, 0.1) is 5.41 Å². The van der Waals surface area contributed by atoms with Crippen molar-refractivity contribution in [3.05, 3.63) is 0 Å². The van der Waals surface area contributed by atoms with Crippen LogP contribution in [0.25, 0.3) is 0 Å². The monoisotopic (exact) mass is 310 g/mol. The molecule has 1 heterocycles. The largest absolute Gasteiger partial charge is 0.394 e. The number of aliphatic hydroxyl groups is 1. The molecule has 0 aromatic carbocycles. The number of ether oxygens (including phenoxy) is 1. The highest BCUT2D eigenvalue weighted by molar-refractivity contribution is 7.51. The summed E-state index contributed by atoms with van der Waals surface area (Å²) in [6.07, 6.45) is -0.372. The zero-order valence-corrected chi connectivity index (χ0v) is 13.4. The molecule has 0 aromatic heterocycles. The fourth-order valence-electron chi connectivity index (χ4n) is 2.68.